The molecule has 0 aromatic heterocycles. The van der Waals surface area contributed by atoms with Gasteiger partial charge in [-0.05, 0) is 62.6 Å². The normalized spacial score (nSPS) is 21.6. The Morgan fingerprint density at radius 3 is 2.62 bits per heavy atom. The first-order valence-electron chi connectivity index (χ1n) is 9.83. The lowest BCUT2D eigenvalue weighted by atomic mass is 9.98. The van der Waals surface area contributed by atoms with Gasteiger partial charge in [-0.3, -0.25) is 0 Å². The van der Waals surface area contributed by atoms with Crippen LogP contribution in [0.5, 0.6) is 0 Å². The van der Waals surface area contributed by atoms with Crippen LogP contribution in [0.1, 0.15) is 40.0 Å². The maximum Gasteiger partial charge on any atom is 0.181 e. The SMILES string of the molecule is CC([C@@H](C)CCN1CCC[C@@H](C)C1)S(=O)(=O)c1cccc2ccccc12. The fourth-order valence-corrected chi connectivity index (χ4v) is 5.97. The van der Waals surface area contributed by atoms with Gasteiger partial charge in [0.1, 0.15) is 0 Å². The number of sulfone groups is 1. The minimum Gasteiger partial charge on any atom is -0.303 e. The predicted octanol–water partition coefficient (Wildman–Crippen LogP) is 4.76. The third-order valence-corrected chi connectivity index (χ3v) is 8.40. The summed E-state index contributed by atoms with van der Waals surface area (Å²) in [5.41, 5.74) is 0. The first-order chi connectivity index (χ1) is 12.4. The Labute approximate surface area is 158 Å². The first kappa shape index (κ1) is 19.4. The van der Waals surface area contributed by atoms with Crippen LogP contribution in [0.3, 0.4) is 0 Å². The van der Waals surface area contributed by atoms with E-state index in [-0.39, 0.29) is 11.2 Å². The van der Waals surface area contributed by atoms with Gasteiger partial charge in [-0.2, -0.15) is 0 Å². The summed E-state index contributed by atoms with van der Waals surface area (Å²) in [5, 5.41) is 1.44. The Morgan fingerprint density at radius 1 is 1.12 bits per heavy atom. The standard InChI is InChI=1S/C22H31NO2S/c1-17-8-7-14-23(16-17)15-13-18(2)19(3)26(24,25)22-12-6-10-20-9-4-5-11-21(20)22/h4-6,9-12,17-19H,7-8,13-16H2,1-3H3/t17-,18+,19?/m1/s1. The van der Waals surface area contributed by atoms with Crippen molar-refractivity contribution in [2.24, 2.45) is 11.8 Å². The largest absolute Gasteiger partial charge is 0.303 e. The quantitative estimate of drug-likeness (QED) is 0.732. The smallest absolute Gasteiger partial charge is 0.181 e. The van der Waals surface area contributed by atoms with Crippen LogP contribution < -0.4 is 0 Å². The number of piperidine rings is 1. The third kappa shape index (κ3) is 4.12. The molecule has 3 rings (SSSR count). The van der Waals surface area contributed by atoms with Crippen molar-refractivity contribution in [3.63, 3.8) is 0 Å². The summed E-state index contributed by atoms with van der Waals surface area (Å²) >= 11 is 0. The molecule has 142 valence electrons. The molecule has 0 saturated carbocycles. The van der Waals surface area contributed by atoms with Crippen molar-refractivity contribution in [1.82, 2.24) is 4.90 Å². The molecule has 1 saturated heterocycles. The fourth-order valence-electron chi connectivity index (χ4n) is 4.06. The second kappa shape index (κ2) is 8.10. The molecule has 4 heteroatoms. The maximum atomic E-state index is 13.3. The van der Waals surface area contributed by atoms with Gasteiger partial charge in [0.15, 0.2) is 9.84 Å². The summed E-state index contributed by atoms with van der Waals surface area (Å²) in [6, 6.07) is 13.3. The fraction of sp³-hybridized carbons (Fsp3) is 0.545. The average molecular weight is 374 g/mol. The maximum absolute atomic E-state index is 13.3. The molecule has 1 aliphatic rings. The van der Waals surface area contributed by atoms with Gasteiger partial charge in [-0.25, -0.2) is 8.42 Å². The molecule has 1 aliphatic heterocycles. The number of benzene rings is 2. The molecule has 2 aromatic rings. The van der Waals surface area contributed by atoms with Gasteiger partial charge in [0.25, 0.3) is 0 Å². The van der Waals surface area contributed by atoms with E-state index < -0.39 is 9.84 Å². The molecule has 0 amide bonds. The van der Waals surface area contributed by atoms with E-state index in [0.29, 0.717) is 4.90 Å². The molecule has 3 atom stereocenters. The number of fused-ring (bicyclic) bond motifs is 1. The molecule has 1 fully saturated rings. The molecule has 1 unspecified atom stereocenters. The lowest BCUT2D eigenvalue weighted by Crippen LogP contribution is -2.37. The van der Waals surface area contributed by atoms with Crippen molar-refractivity contribution >= 4 is 20.6 Å². The average Bonchev–Trinajstić information content (AvgIpc) is 2.65. The van der Waals surface area contributed by atoms with Crippen LogP contribution in [0.2, 0.25) is 0 Å². The monoisotopic (exact) mass is 373 g/mol. The Kier molecular flexibility index (Phi) is 6.03. The van der Waals surface area contributed by atoms with Gasteiger partial charge < -0.3 is 4.90 Å². The Balaban J connectivity index is 1.73. The first-order valence-corrected chi connectivity index (χ1v) is 11.4. The molecule has 26 heavy (non-hydrogen) atoms. The van der Waals surface area contributed by atoms with E-state index in [1.165, 1.54) is 12.8 Å². The minimum absolute atomic E-state index is 0.135. The zero-order valence-electron chi connectivity index (χ0n) is 16.2. The van der Waals surface area contributed by atoms with E-state index in [1.807, 2.05) is 43.3 Å². The number of rotatable bonds is 6. The van der Waals surface area contributed by atoms with E-state index in [2.05, 4.69) is 18.7 Å². The van der Waals surface area contributed by atoms with Crippen LogP contribution in [-0.2, 0) is 9.84 Å². The molecule has 1 heterocycles. The molecular formula is C22H31NO2S. The number of hydrogen-bond donors (Lipinski definition) is 0. The highest BCUT2D eigenvalue weighted by Gasteiger charge is 2.30. The second-order valence-electron chi connectivity index (χ2n) is 8.04. The highest BCUT2D eigenvalue weighted by molar-refractivity contribution is 7.92. The lowest BCUT2D eigenvalue weighted by Gasteiger charge is -2.32. The minimum atomic E-state index is -3.35. The summed E-state index contributed by atoms with van der Waals surface area (Å²) in [5.74, 6) is 0.895. The van der Waals surface area contributed by atoms with E-state index in [1.54, 1.807) is 6.07 Å². The molecule has 0 N–H and O–H groups in total. The van der Waals surface area contributed by atoms with Crippen molar-refractivity contribution in [3.05, 3.63) is 42.5 Å². The van der Waals surface area contributed by atoms with Crippen LogP contribution in [-0.4, -0.2) is 38.2 Å². The summed E-state index contributed by atoms with van der Waals surface area (Å²) < 4.78 is 26.6. The van der Waals surface area contributed by atoms with Gasteiger partial charge in [-0.15, -0.1) is 0 Å². The van der Waals surface area contributed by atoms with E-state index in [4.69, 9.17) is 0 Å². The van der Waals surface area contributed by atoms with Gasteiger partial charge in [-0.1, -0.05) is 50.2 Å². The summed E-state index contributed by atoms with van der Waals surface area (Å²) in [6.45, 7) is 9.57. The van der Waals surface area contributed by atoms with Crippen molar-refractivity contribution in [3.8, 4) is 0 Å². The van der Waals surface area contributed by atoms with Crippen LogP contribution in [0.25, 0.3) is 10.8 Å². The Bertz CT molecular complexity index is 841. The molecular weight excluding hydrogens is 342 g/mol. The van der Waals surface area contributed by atoms with E-state index in [0.717, 1.165) is 42.7 Å². The highest BCUT2D eigenvalue weighted by Crippen LogP contribution is 2.29. The van der Waals surface area contributed by atoms with E-state index >= 15 is 0 Å². The van der Waals surface area contributed by atoms with Gasteiger partial charge in [0.2, 0.25) is 0 Å². The Morgan fingerprint density at radius 2 is 1.85 bits per heavy atom. The van der Waals surface area contributed by atoms with E-state index in [9.17, 15) is 8.42 Å². The van der Waals surface area contributed by atoms with Gasteiger partial charge >= 0.3 is 0 Å². The van der Waals surface area contributed by atoms with Gasteiger partial charge in [0.05, 0.1) is 10.1 Å². The van der Waals surface area contributed by atoms with Crippen molar-refractivity contribution in [2.45, 2.75) is 50.2 Å². The summed E-state index contributed by atoms with van der Waals surface area (Å²) in [7, 11) is -3.35. The lowest BCUT2D eigenvalue weighted by molar-refractivity contribution is 0.174. The van der Waals surface area contributed by atoms with Crippen LogP contribution in [0.15, 0.2) is 47.4 Å². The zero-order valence-corrected chi connectivity index (χ0v) is 17.0. The number of nitrogens with zero attached hydrogens (tertiary/aromatic N) is 1. The number of hydrogen-bond acceptors (Lipinski definition) is 3. The zero-order chi connectivity index (χ0) is 18.7. The molecule has 0 bridgehead atoms. The molecule has 0 aliphatic carbocycles. The third-order valence-electron chi connectivity index (χ3n) is 5.99. The molecule has 3 nitrogen and oxygen atoms in total. The van der Waals surface area contributed by atoms with Gasteiger partial charge in [0, 0.05) is 11.9 Å². The summed E-state index contributed by atoms with van der Waals surface area (Å²) in [6.07, 6.45) is 3.51. The van der Waals surface area contributed by atoms with Crippen molar-refractivity contribution in [1.29, 1.82) is 0 Å². The van der Waals surface area contributed by atoms with Crippen LogP contribution in [0.4, 0.5) is 0 Å². The molecule has 0 radical (unpaired) electrons. The predicted molar refractivity (Wildman–Crippen MR) is 109 cm³/mol. The van der Waals surface area contributed by atoms with Crippen molar-refractivity contribution < 1.29 is 8.42 Å². The van der Waals surface area contributed by atoms with Crippen LogP contribution >= 0.6 is 0 Å². The Hall–Kier alpha value is -1.39. The topological polar surface area (TPSA) is 37.4 Å². The molecule has 0 spiro atoms. The summed E-state index contributed by atoms with van der Waals surface area (Å²) in [4.78, 5) is 2.98. The second-order valence-corrected chi connectivity index (χ2v) is 10.3. The molecule has 2 aromatic carbocycles. The van der Waals surface area contributed by atoms with Crippen LogP contribution in [0, 0.1) is 11.8 Å². The number of likely N-dealkylation sites (tertiary alicyclic amines) is 1. The van der Waals surface area contributed by atoms with Crippen molar-refractivity contribution in [2.75, 3.05) is 19.6 Å². The highest BCUT2D eigenvalue weighted by atomic mass is 32.2.